The van der Waals surface area contributed by atoms with Gasteiger partial charge in [-0.1, -0.05) is 12.1 Å². The fourth-order valence-electron chi connectivity index (χ4n) is 1.91. The lowest BCUT2D eigenvalue weighted by Crippen LogP contribution is -2.29. The van der Waals surface area contributed by atoms with Crippen molar-refractivity contribution in [3.8, 4) is 17.2 Å². The van der Waals surface area contributed by atoms with Crippen LogP contribution in [0.5, 0.6) is 17.2 Å². The van der Waals surface area contributed by atoms with Gasteiger partial charge in [-0.05, 0) is 42.0 Å². The molecule has 0 saturated heterocycles. The van der Waals surface area contributed by atoms with E-state index in [4.69, 9.17) is 4.74 Å². The minimum atomic E-state index is -4.80. The van der Waals surface area contributed by atoms with Gasteiger partial charge in [-0.2, -0.15) is 0 Å². The van der Waals surface area contributed by atoms with E-state index in [1.165, 1.54) is 24.3 Å². The van der Waals surface area contributed by atoms with Crippen molar-refractivity contribution in [1.82, 2.24) is 0 Å². The average Bonchev–Trinajstić information content (AvgIpc) is 2.49. The van der Waals surface area contributed by atoms with Gasteiger partial charge in [0.25, 0.3) is 0 Å². The van der Waals surface area contributed by atoms with Crippen LogP contribution < -0.4 is 9.47 Å². The van der Waals surface area contributed by atoms with Crippen LogP contribution in [-0.2, 0) is 11.2 Å². The molecule has 2 rings (SSSR count). The molecule has 0 heterocycles. The number of carboxylic acid groups (broad SMARTS) is 1. The largest absolute Gasteiger partial charge is 0.573 e. The molecule has 0 amide bonds. The summed E-state index contributed by atoms with van der Waals surface area (Å²) in [6.07, 6.45) is -6.01. The predicted octanol–water partition coefficient (Wildman–Crippen LogP) is 3.37. The maximum Gasteiger partial charge on any atom is 0.573 e. The summed E-state index contributed by atoms with van der Waals surface area (Å²) >= 11 is 0. The third-order valence-corrected chi connectivity index (χ3v) is 2.97. The Bertz CT molecular complexity index is 680. The lowest BCUT2D eigenvalue weighted by molar-refractivity contribution is -0.274. The number of hydrogen-bond acceptors (Lipinski definition) is 4. The van der Waals surface area contributed by atoms with Crippen molar-refractivity contribution in [2.45, 2.75) is 18.9 Å². The van der Waals surface area contributed by atoms with Crippen LogP contribution in [0.4, 0.5) is 13.2 Å². The number of aliphatic carboxylic acids is 1. The van der Waals surface area contributed by atoms with Gasteiger partial charge in [0.05, 0.1) is 0 Å². The summed E-state index contributed by atoms with van der Waals surface area (Å²) in [5.41, 5.74) is 0.622. The second-order valence-electron chi connectivity index (χ2n) is 4.83. The number of phenolic OH excluding ortho intramolecular Hbond substituents is 1. The van der Waals surface area contributed by atoms with Gasteiger partial charge in [0.1, 0.15) is 17.2 Å². The number of carbonyl (C=O) groups is 1. The molecule has 2 aromatic rings. The van der Waals surface area contributed by atoms with Crippen LogP contribution in [0.3, 0.4) is 0 Å². The molecule has 0 aliphatic heterocycles. The average molecular weight is 342 g/mol. The molecular formula is C16H13F3O5. The van der Waals surface area contributed by atoms with Crippen molar-refractivity contribution in [2.75, 3.05) is 0 Å². The van der Waals surface area contributed by atoms with Gasteiger partial charge < -0.3 is 19.7 Å². The standard InChI is InChI=1S/C16H13F3O5/c17-16(18,19)24-13-7-5-12(6-8-13)23-14(15(21)22)9-10-1-3-11(20)4-2-10/h1-8,14,20H,9H2,(H,21,22). The number of carboxylic acids is 1. The van der Waals surface area contributed by atoms with Crippen LogP contribution in [0.25, 0.3) is 0 Å². The molecule has 0 spiro atoms. The van der Waals surface area contributed by atoms with E-state index >= 15 is 0 Å². The second kappa shape index (κ2) is 7.12. The number of alkyl halides is 3. The smallest absolute Gasteiger partial charge is 0.508 e. The van der Waals surface area contributed by atoms with Crippen LogP contribution in [0.2, 0.25) is 0 Å². The molecule has 5 nitrogen and oxygen atoms in total. The van der Waals surface area contributed by atoms with E-state index < -0.39 is 24.2 Å². The van der Waals surface area contributed by atoms with E-state index in [0.717, 1.165) is 12.1 Å². The summed E-state index contributed by atoms with van der Waals surface area (Å²) in [5.74, 6) is -1.51. The van der Waals surface area contributed by atoms with Gasteiger partial charge in [0.2, 0.25) is 0 Å². The maximum absolute atomic E-state index is 12.1. The Labute approximate surface area is 134 Å². The molecule has 24 heavy (non-hydrogen) atoms. The third kappa shape index (κ3) is 5.38. The molecule has 128 valence electrons. The molecule has 1 unspecified atom stereocenters. The zero-order chi connectivity index (χ0) is 17.7. The number of ether oxygens (including phenoxy) is 2. The van der Waals surface area contributed by atoms with Crippen molar-refractivity contribution in [2.24, 2.45) is 0 Å². The lowest BCUT2D eigenvalue weighted by atomic mass is 10.1. The molecule has 0 radical (unpaired) electrons. The Morgan fingerprint density at radius 2 is 1.54 bits per heavy atom. The van der Waals surface area contributed by atoms with Crippen LogP contribution in [0.15, 0.2) is 48.5 Å². The highest BCUT2D eigenvalue weighted by molar-refractivity contribution is 5.73. The third-order valence-electron chi connectivity index (χ3n) is 2.97. The van der Waals surface area contributed by atoms with Crippen LogP contribution in [0, 0.1) is 0 Å². The van der Waals surface area contributed by atoms with E-state index in [1.54, 1.807) is 12.1 Å². The highest BCUT2D eigenvalue weighted by Crippen LogP contribution is 2.25. The Balaban J connectivity index is 2.05. The second-order valence-corrected chi connectivity index (χ2v) is 4.83. The summed E-state index contributed by atoms with van der Waals surface area (Å²) in [7, 11) is 0. The molecule has 0 saturated carbocycles. The molecular weight excluding hydrogens is 329 g/mol. The van der Waals surface area contributed by atoms with Crippen molar-refractivity contribution in [1.29, 1.82) is 0 Å². The number of phenols is 1. The highest BCUT2D eigenvalue weighted by Gasteiger charge is 2.31. The van der Waals surface area contributed by atoms with Gasteiger partial charge in [-0.25, -0.2) is 4.79 Å². The summed E-state index contributed by atoms with van der Waals surface area (Å²) in [6.45, 7) is 0. The first kappa shape index (κ1) is 17.5. The van der Waals surface area contributed by atoms with Crippen LogP contribution in [0.1, 0.15) is 5.56 Å². The Hall–Kier alpha value is -2.90. The van der Waals surface area contributed by atoms with Gasteiger partial charge in [-0.15, -0.1) is 13.2 Å². The monoisotopic (exact) mass is 342 g/mol. The Morgan fingerprint density at radius 3 is 2.04 bits per heavy atom. The van der Waals surface area contributed by atoms with Crippen molar-refractivity contribution < 1.29 is 37.7 Å². The number of halogens is 3. The van der Waals surface area contributed by atoms with E-state index in [1.807, 2.05) is 0 Å². The van der Waals surface area contributed by atoms with E-state index in [0.29, 0.717) is 5.56 Å². The topological polar surface area (TPSA) is 76.0 Å². The number of rotatable bonds is 6. The SMILES string of the molecule is O=C(O)C(Cc1ccc(O)cc1)Oc1ccc(OC(F)(F)F)cc1. The first-order valence-electron chi connectivity index (χ1n) is 6.76. The number of hydrogen-bond donors (Lipinski definition) is 2. The first-order valence-corrected chi connectivity index (χ1v) is 6.76. The normalized spacial score (nSPS) is 12.5. The molecule has 0 fully saturated rings. The number of aromatic hydroxyl groups is 1. The van der Waals surface area contributed by atoms with E-state index in [-0.39, 0.29) is 17.9 Å². The fraction of sp³-hybridized carbons (Fsp3) is 0.188. The number of benzene rings is 2. The zero-order valence-electron chi connectivity index (χ0n) is 12.2. The van der Waals surface area contributed by atoms with Crippen molar-refractivity contribution in [3.05, 3.63) is 54.1 Å². The molecule has 0 bridgehead atoms. The van der Waals surface area contributed by atoms with Gasteiger partial charge in [0, 0.05) is 6.42 Å². The summed E-state index contributed by atoms with van der Waals surface area (Å²) in [5, 5.41) is 18.4. The maximum atomic E-state index is 12.1. The van der Waals surface area contributed by atoms with Crippen molar-refractivity contribution >= 4 is 5.97 Å². The van der Waals surface area contributed by atoms with Gasteiger partial charge in [0.15, 0.2) is 6.10 Å². The first-order chi connectivity index (χ1) is 11.2. The van der Waals surface area contributed by atoms with E-state index in [9.17, 15) is 28.2 Å². The molecule has 0 aliphatic carbocycles. The molecule has 1 atom stereocenters. The van der Waals surface area contributed by atoms with Crippen LogP contribution in [-0.4, -0.2) is 28.6 Å². The molecule has 2 aromatic carbocycles. The van der Waals surface area contributed by atoms with Crippen LogP contribution >= 0.6 is 0 Å². The van der Waals surface area contributed by atoms with Gasteiger partial charge in [-0.3, -0.25) is 0 Å². The minimum absolute atomic E-state index is 0.0242. The van der Waals surface area contributed by atoms with E-state index in [2.05, 4.69) is 4.74 Å². The molecule has 2 N–H and O–H groups in total. The highest BCUT2D eigenvalue weighted by atomic mass is 19.4. The fourth-order valence-corrected chi connectivity index (χ4v) is 1.91. The van der Waals surface area contributed by atoms with Crippen molar-refractivity contribution in [3.63, 3.8) is 0 Å². The summed E-state index contributed by atoms with van der Waals surface area (Å²) < 4.78 is 45.3. The quantitative estimate of drug-likeness (QED) is 0.842. The predicted molar refractivity (Wildman–Crippen MR) is 77.0 cm³/mol. The summed E-state index contributed by atoms with van der Waals surface area (Å²) in [4.78, 5) is 11.3. The lowest BCUT2D eigenvalue weighted by Gasteiger charge is -2.16. The molecule has 0 aromatic heterocycles. The zero-order valence-corrected chi connectivity index (χ0v) is 12.2. The molecule has 0 aliphatic rings. The minimum Gasteiger partial charge on any atom is -0.508 e. The summed E-state index contributed by atoms with van der Waals surface area (Å²) in [6, 6.07) is 10.4. The Morgan fingerprint density at radius 1 is 1.00 bits per heavy atom. The molecule has 8 heteroatoms. The van der Waals surface area contributed by atoms with Gasteiger partial charge >= 0.3 is 12.3 Å². The Kier molecular flexibility index (Phi) is 5.18.